The lowest BCUT2D eigenvalue weighted by atomic mass is 10.3. The number of carbonyl (C=O) groups excluding carboxylic acids is 2. The van der Waals surface area contributed by atoms with E-state index < -0.39 is 0 Å². The Hall–Kier alpha value is -1.06. The summed E-state index contributed by atoms with van der Waals surface area (Å²) in [7, 11) is 0. The molecular weight excluding hydrogens is 146 g/mol. The van der Waals surface area contributed by atoms with Crippen LogP contribution in [0.5, 0.6) is 0 Å². The normalized spacial score (nSPS) is 8.82. The van der Waals surface area contributed by atoms with Crippen LogP contribution >= 0.6 is 0 Å². The summed E-state index contributed by atoms with van der Waals surface area (Å²) in [6.07, 6.45) is 1.36. The van der Waals surface area contributed by atoms with Gasteiger partial charge in [0, 0.05) is 6.42 Å². The quantitative estimate of drug-likeness (QED) is 0.441. The number of hydrogen-bond donors (Lipinski definition) is 1. The zero-order valence-electron chi connectivity index (χ0n) is 6.63. The third-order valence-corrected chi connectivity index (χ3v) is 1.09. The minimum Gasteiger partial charge on any atom is -0.466 e. The highest BCUT2D eigenvalue weighted by molar-refractivity contribution is 5.75. The van der Waals surface area contributed by atoms with Crippen molar-refractivity contribution in [3.8, 4) is 0 Å². The fourth-order valence-corrected chi connectivity index (χ4v) is 0.613. The third kappa shape index (κ3) is 6.83. The van der Waals surface area contributed by atoms with Crippen molar-refractivity contribution < 1.29 is 14.3 Å². The van der Waals surface area contributed by atoms with Crippen molar-refractivity contribution in [2.75, 3.05) is 13.2 Å². The fourth-order valence-electron chi connectivity index (χ4n) is 0.613. The Kier molecular flexibility index (Phi) is 6.37. The SMILES string of the molecule is CCCC(=O)NCCOC=O. The van der Waals surface area contributed by atoms with E-state index in [1.54, 1.807) is 0 Å². The summed E-state index contributed by atoms with van der Waals surface area (Å²) in [5.74, 6) is 0.00185. The monoisotopic (exact) mass is 159 g/mol. The van der Waals surface area contributed by atoms with Crippen LogP contribution in [0.4, 0.5) is 0 Å². The number of rotatable bonds is 6. The lowest BCUT2D eigenvalue weighted by Crippen LogP contribution is -2.26. The number of nitrogens with one attached hydrogen (secondary N) is 1. The van der Waals surface area contributed by atoms with Crippen molar-refractivity contribution in [1.82, 2.24) is 5.32 Å². The van der Waals surface area contributed by atoms with E-state index in [9.17, 15) is 9.59 Å². The molecule has 0 aromatic heterocycles. The average molecular weight is 159 g/mol. The molecule has 0 rings (SSSR count). The Morgan fingerprint density at radius 1 is 1.64 bits per heavy atom. The first-order valence-electron chi connectivity index (χ1n) is 3.63. The highest BCUT2D eigenvalue weighted by Crippen LogP contribution is 1.84. The number of hydrogen-bond acceptors (Lipinski definition) is 3. The van der Waals surface area contributed by atoms with Gasteiger partial charge in [-0.2, -0.15) is 0 Å². The first-order valence-corrected chi connectivity index (χ1v) is 3.63. The third-order valence-electron chi connectivity index (χ3n) is 1.09. The maximum atomic E-state index is 10.8. The Morgan fingerprint density at radius 3 is 2.91 bits per heavy atom. The topological polar surface area (TPSA) is 55.4 Å². The molecule has 11 heavy (non-hydrogen) atoms. The van der Waals surface area contributed by atoms with E-state index in [2.05, 4.69) is 10.1 Å². The lowest BCUT2D eigenvalue weighted by Gasteiger charge is -2.01. The Labute approximate surface area is 65.9 Å². The predicted octanol–water partition coefficient (Wildman–Crippen LogP) is 0.0757. The molecule has 0 radical (unpaired) electrons. The van der Waals surface area contributed by atoms with Gasteiger partial charge in [-0.1, -0.05) is 6.92 Å². The van der Waals surface area contributed by atoms with Crippen molar-refractivity contribution in [3.63, 3.8) is 0 Å². The van der Waals surface area contributed by atoms with Gasteiger partial charge in [-0.3, -0.25) is 9.59 Å². The summed E-state index contributed by atoms with van der Waals surface area (Å²) in [6, 6.07) is 0. The van der Waals surface area contributed by atoms with Gasteiger partial charge in [0.1, 0.15) is 6.61 Å². The van der Waals surface area contributed by atoms with Gasteiger partial charge in [-0.25, -0.2) is 0 Å². The smallest absolute Gasteiger partial charge is 0.293 e. The molecule has 0 saturated heterocycles. The van der Waals surface area contributed by atoms with Gasteiger partial charge in [-0.05, 0) is 6.42 Å². The van der Waals surface area contributed by atoms with Crippen LogP contribution in [0.2, 0.25) is 0 Å². The van der Waals surface area contributed by atoms with Crippen LogP contribution in [-0.4, -0.2) is 25.5 Å². The average Bonchev–Trinajstić information content (AvgIpc) is 1.99. The summed E-state index contributed by atoms with van der Waals surface area (Å²) in [5, 5.41) is 2.60. The highest BCUT2D eigenvalue weighted by Gasteiger charge is 1.96. The summed E-state index contributed by atoms with van der Waals surface area (Å²) in [5.41, 5.74) is 0. The second kappa shape index (κ2) is 7.05. The van der Waals surface area contributed by atoms with Crippen molar-refractivity contribution in [2.24, 2.45) is 0 Å². The summed E-state index contributed by atoms with van der Waals surface area (Å²) in [4.78, 5) is 20.4. The van der Waals surface area contributed by atoms with Crippen molar-refractivity contribution in [1.29, 1.82) is 0 Å². The predicted molar refractivity (Wildman–Crippen MR) is 39.9 cm³/mol. The van der Waals surface area contributed by atoms with Gasteiger partial charge in [0.2, 0.25) is 5.91 Å². The van der Waals surface area contributed by atoms with E-state index in [0.717, 1.165) is 6.42 Å². The molecule has 0 fully saturated rings. The van der Waals surface area contributed by atoms with Gasteiger partial charge < -0.3 is 10.1 Å². The van der Waals surface area contributed by atoms with E-state index >= 15 is 0 Å². The van der Waals surface area contributed by atoms with Crippen molar-refractivity contribution in [2.45, 2.75) is 19.8 Å². The molecule has 0 aliphatic heterocycles. The lowest BCUT2D eigenvalue weighted by molar-refractivity contribution is -0.129. The van der Waals surface area contributed by atoms with E-state index in [0.29, 0.717) is 19.4 Å². The molecule has 4 heteroatoms. The van der Waals surface area contributed by atoms with Crippen molar-refractivity contribution >= 4 is 12.4 Å². The Bertz CT molecular complexity index is 125. The van der Waals surface area contributed by atoms with Crippen LogP contribution in [0.25, 0.3) is 0 Å². The molecule has 64 valence electrons. The van der Waals surface area contributed by atoms with Gasteiger partial charge in [0.15, 0.2) is 0 Å². The van der Waals surface area contributed by atoms with Crippen molar-refractivity contribution in [3.05, 3.63) is 0 Å². The minimum absolute atomic E-state index is 0.00185. The van der Waals surface area contributed by atoms with E-state index in [-0.39, 0.29) is 12.5 Å². The molecule has 0 heterocycles. The minimum atomic E-state index is 0.00185. The summed E-state index contributed by atoms with van der Waals surface area (Å²) in [6.45, 7) is 2.95. The summed E-state index contributed by atoms with van der Waals surface area (Å²) < 4.78 is 4.37. The molecule has 0 atom stereocenters. The molecule has 0 aromatic rings. The fraction of sp³-hybridized carbons (Fsp3) is 0.714. The zero-order valence-corrected chi connectivity index (χ0v) is 6.63. The number of ether oxygens (including phenoxy) is 1. The highest BCUT2D eigenvalue weighted by atomic mass is 16.5. The van der Waals surface area contributed by atoms with Crippen LogP contribution in [-0.2, 0) is 14.3 Å². The molecule has 0 spiro atoms. The standard InChI is InChI=1S/C7H13NO3/c1-2-3-7(10)8-4-5-11-6-9/h6H,2-5H2,1H3,(H,8,10). The van der Waals surface area contributed by atoms with Crippen LogP contribution in [0.3, 0.4) is 0 Å². The first kappa shape index (κ1) is 9.94. The molecule has 0 saturated carbocycles. The van der Waals surface area contributed by atoms with Gasteiger partial charge in [-0.15, -0.1) is 0 Å². The largest absolute Gasteiger partial charge is 0.466 e. The van der Waals surface area contributed by atoms with E-state index in [1.165, 1.54) is 0 Å². The Morgan fingerprint density at radius 2 is 2.36 bits per heavy atom. The molecule has 0 aliphatic rings. The molecule has 1 N–H and O–H groups in total. The van der Waals surface area contributed by atoms with Gasteiger partial charge in [0.05, 0.1) is 6.54 Å². The summed E-state index contributed by atoms with van der Waals surface area (Å²) >= 11 is 0. The zero-order chi connectivity index (χ0) is 8.53. The maximum Gasteiger partial charge on any atom is 0.293 e. The first-order chi connectivity index (χ1) is 5.31. The van der Waals surface area contributed by atoms with Crippen LogP contribution in [0.15, 0.2) is 0 Å². The number of amides is 1. The molecule has 0 unspecified atom stereocenters. The van der Waals surface area contributed by atoms with Crippen LogP contribution in [0.1, 0.15) is 19.8 Å². The molecule has 1 amide bonds. The molecule has 0 aromatic carbocycles. The maximum absolute atomic E-state index is 10.8. The number of carbonyl (C=O) groups is 2. The molecule has 0 bridgehead atoms. The molecule has 0 aliphatic carbocycles. The van der Waals surface area contributed by atoms with E-state index in [1.807, 2.05) is 6.92 Å². The second-order valence-electron chi connectivity index (χ2n) is 2.07. The Balaban J connectivity index is 3.10. The van der Waals surface area contributed by atoms with Crippen LogP contribution in [0, 0.1) is 0 Å². The second-order valence-corrected chi connectivity index (χ2v) is 2.07. The van der Waals surface area contributed by atoms with Gasteiger partial charge >= 0.3 is 0 Å². The van der Waals surface area contributed by atoms with Gasteiger partial charge in [0.25, 0.3) is 6.47 Å². The van der Waals surface area contributed by atoms with Crippen LogP contribution < -0.4 is 5.32 Å². The van der Waals surface area contributed by atoms with E-state index in [4.69, 9.17) is 0 Å². The molecule has 4 nitrogen and oxygen atoms in total. The molecular formula is C7H13NO3.